The summed E-state index contributed by atoms with van der Waals surface area (Å²) in [6.45, 7) is 0. The van der Waals surface area contributed by atoms with Crippen LogP contribution in [-0.2, 0) is 19.4 Å². The van der Waals surface area contributed by atoms with E-state index in [-0.39, 0.29) is 18.6 Å². The second-order valence-electron chi connectivity index (χ2n) is 3.71. The molecule has 0 aromatic carbocycles. The molecular formula is C8H12O6S. The Labute approximate surface area is 86.8 Å². The van der Waals surface area contributed by atoms with Crippen LogP contribution >= 0.6 is 0 Å². The predicted molar refractivity (Wildman–Crippen MR) is 50.1 cm³/mol. The van der Waals surface area contributed by atoms with Crippen molar-refractivity contribution >= 4 is 21.8 Å². The molecular weight excluding hydrogens is 224 g/mol. The quantitative estimate of drug-likeness (QED) is 0.690. The summed E-state index contributed by atoms with van der Waals surface area (Å²) < 4.78 is 22.4. The van der Waals surface area contributed by atoms with Crippen LogP contribution in [0.15, 0.2) is 0 Å². The smallest absolute Gasteiger partial charge is 0.307 e. The Kier molecular flexibility index (Phi) is 3.33. The summed E-state index contributed by atoms with van der Waals surface area (Å²) in [5, 5.41) is 17.3. The largest absolute Gasteiger partial charge is 0.481 e. The molecule has 0 spiro atoms. The fraction of sp³-hybridized carbons (Fsp3) is 0.750. The molecule has 1 rings (SSSR count). The second kappa shape index (κ2) is 4.18. The van der Waals surface area contributed by atoms with E-state index in [0.29, 0.717) is 0 Å². The number of carboxylic acids is 2. The lowest BCUT2D eigenvalue weighted by molar-refractivity contribution is -0.144. The van der Waals surface area contributed by atoms with Crippen LogP contribution in [0.3, 0.4) is 0 Å². The average molecular weight is 236 g/mol. The first-order chi connectivity index (χ1) is 6.82. The van der Waals surface area contributed by atoms with Gasteiger partial charge in [0.25, 0.3) is 0 Å². The van der Waals surface area contributed by atoms with Crippen LogP contribution in [0, 0.1) is 11.8 Å². The molecule has 1 aliphatic heterocycles. The summed E-state index contributed by atoms with van der Waals surface area (Å²) in [5.41, 5.74) is 0. The van der Waals surface area contributed by atoms with E-state index in [2.05, 4.69) is 0 Å². The van der Waals surface area contributed by atoms with Gasteiger partial charge in [-0.15, -0.1) is 0 Å². The van der Waals surface area contributed by atoms with Crippen LogP contribution in [0.2, 0.25) is 0 Å². The Bertz CT molecular complexity index is 371. The average Bonchev–Trinajstić information content (AvgIpc) is 2.07. The van der Waals surface area contributed by atoms with E-state index in [0.717, 1.165) is 0 Å². The van der Waals surface area contributed by atoms with Gasteiger partial charge in [0, 0.05) is 6.42 Å². The van der Waals surface area contributed by atoms with Crippen molar-refractivity contribution in [3.05, 3.63) is 0 Å². The van der Waals surface area contributed by atoms with Crippen molar-refractivity contribution in [2.24, 2.45) is 11.8 Å². The Morgan fingerprint density at radius 2 is 1.87 bits per heavy atom. The highest BCUT2D eigenvalue weighted by atomic mass is 32.2. The van der Waals surface area contributed by atoms with E-state index in [1.54, 1.807) is 0 Å². The van der Waals surface area contributed by atoms with Gasteiger partial charge >= 0.3 is 11.9 Å². The van der Waals surface area contributed by atoms with Crippen molar-refractivity contribution in [2.75, 3.05) is 11.5 Å². The minimum atomic E-state index is -3.32. The highest BCUT2D eigenvalue weighted by molar-refractivity contribution is 7.91. The van der Waals surface area contributed by atoms with Gasteiger partial charge in [-0.25, -0.2) is 8.42 Å². The zero-order valence-electron chi connectivity index (χ0n) is 7.92. The predicted octanol–water partition coefficient (Wildman–Crippen LogP) is -0.403. The maximum absolute atomic E-state index is 11.2. The van der Waals surface area contributed by atoms with Crippen LogP contribution in [0.25, 0.3) is 0 Å². The monoisotopic (exact) mass is 236 g/mol. The fourth-order valence-electron chi connectivity index (χ4n) is 1.77. The highest BCUT2D eigenvalue weighted by Crippen LogP contribution is 2.28. The van der Waals surface area contributed by atoms with Crippen molar-refractivity contribution < 1.29 is 28.2 Å². The first kappa shape index (κ1) is 12.0. The molecule has 1 aliphatic rings. The Balaban J connectivity index is 2.81. The third-order valence-electron chi connectivity index (χ3n) is 2.56. The second-order valence-corrected chi connectivity index (χ2v) is 5.93. The molecule has 1 heterocycles. The number of hydrogen-bond acceptors (Lipinski definition) is 4. The van der Waals surface area contributed by atoms with Gasteiger partial charge in [0.2, 0.25) is 0 Å². The van der Waals surface area contributed by atoms with E-state index in [1.807, 2.05) is 0 Å². The van der Waals surface area contributed by atoms with Crippen LogP contribution in [-0.4, -0.2) is 42.1 Å². The molecule has 0 bridgehead atoms. The van der Waals surface area contributed by atoms with Crippen LogP contribution in [0.5, 0.6) is 0 Å². The zero-order valence-corrected chi connectivity index (χ0v) is 8.74. The molecule has 0 aliphatic carbocycles. The van der Waals surface area contributed by atoms with Crippen molar-refractivity contribution in [1.82, 2.24) is 0 Å². The van der Waals surface area contributed by atoms with E-state index < -0.39 is 39.4 Å². The van der Waals surface area contributed by atoms with Crippen molar-refractivity contribution in [3.8, 4) is 0 Å². The SMILES string of the molecule is O=C(O)C[C@@H]1CCS(=O)(=O)C[C@H]1C(=O)O. The van der Waals surface area contributed by atoms with Gasteiger partial charge in [-0.3, -0.25) is 9.59 Å². The first-order valence-electron chi connectivity index (χ1n) is 4.47. The summed E-state index contributed by atoms with van der Waals surface area (Å²) in [7, 11) is -3.32. The number of carbonyl (C=O) groups is 2. The summed E-state index contributed by atoms with van der Waals surface area (Å²) in [6, 6.07) is 0. The van der Waals surface area contributed by atoms with Crippen molar-refractivity contribution in [3.63, 3.8) is 0 Å². The summed E-state index contributed by atoms with van der Waals surface area (Å²) >= 11 is 0. The summed E-state index contributed by atoms with van der Waals surface area (Å²) in [5.74, 6) is -4.55. The number of hydrogen-bond donors (Lipinski definition) is 2. The molecule has 0 saturated carbocycles. The maximum atomic E-state index is 11.2. The molecule has 6 nitrogen and oxygen atoms in total. The molecule has 0 amide bonds. The molecule has 1 saturated heterocycles. The lowest BCUT2D eigenvalue weighted by Gasteiger charge is -2.26. The van der Waals surface area contributed by atoms with Gasteiger partial charge in [-0.1, -0.05) is 0 Å². The minimum absolute atomic E-state index is 0.116. The van der Waals surface area contributed by atoms with Crippen LogP contribution in [0.1, 0.15) is 12.8 Å². The van der Waals surface area contributed by atoms with Gasteiger partial charge < -0.3 is 10.2 Å². The van der Waals surface area contributed by atoms with Gasteiger partial charge in [0.05, 0.1) is 17.4 Å². The molecule has 86 valence electrons. The van der Waals surface area contributed by atoms with Gasteiger partial charge in [0.15, 0.2) is 9.84 Å². The maximum Gasteiger partial charge on any atom is 0.307 e. The van der Waals surface area contributed by atoms with Crippen LogP contribution < -0.4 is 0 Å². The lowest BCUT2D eigenvalue weighted by Crippen LogP contribution is -2.38. The molecule has 2 atom stereocenters. The number of sulfone groups is 1. The Hall–Kier alpha value is -1.11. The van der Waals surface area contributed by atoms with E-state index in [9.17, 15) is 18.0 Å². The molecule has 0 aromatic rings. The standard InChI is InChI=1S/C8H12O6S/c9-7(10)3-5-1-2-15(13,14)4-6(5)8(11)12/h5-6H,1-4H2,(H,9,10)(H,11,12)/t5-,6+/m0/s1. The topological polar surface area (TPSA) is 109 Å². The lowest BCUT2D eigenvalue weighted by atomic mass is 9.88. The molecule has 7 heteroatoms. The van der Waals surface area contributed by atoms with Crippen LogP contribution in [0.4, 0.5) is 0 Å². The molecule has 0 radical (unpaired) electrons. The Morgan fingerprint density at radius 1 is 1.27 bits per heavy atom. The first-order valence-corrected chi connectivity index (χ1v) is 6.29. The molecule has 0 aromatic heterocycles. The van der Waals surface area contributed by atoms with E-state index in [1.165, 1.54) is 0 Å². The highest BCUT2D eigenvalue weighted by Gasteiger charge is 2.38. The minimum Gasteiger partial charge on any atom is -0.481 e. The fourth-order valence-corrected chi connectivity index (χ4v) is 3.56. The van der Waals surface area contributed by atoms with Crippen molar-refractivity contribution in [1.29, 1.82) is 0 Å². The number of carboxylic acid groups (broad SMARTS) is 2. The summed E-state index contributed by atoms with van der Waals surface area (Å²) in [4.78, 5) is 21.2. The molecule has 1 fully saturated rings. The van der Waals surface area contributed by atoms with E-state index in [4.69, 9.17) is 10.2 Å². The Morgan fingerprint density at radius 3 is 2.33 bits per heavy atom. The summed E-state index contributed by atoms with van der Waals surface area (Å²) in [6.07, 6.45) is -0.169. The number of aliphatic carboxylic acids is 2. The third kappa shape index (κ3) is 3.19. The number of rotatable bonds is 3. The van der Waals surface area contributed by atoms with Gasteiger partial charge in [-0.2, -0.15) is 0 Å². The zero-order chi connectivity index (χ0) is 11.6. The van der Waals surface area contributed by atoms with E-state index >= 15 is 0 Å². The molecule has 15 heavy (non-hydrogen) atoms. The molecule has 0 unspecified atom stereocenters. The van der Waals surface area contributed by atoms with Crippen molar-refractivity contribution in [2.45, 2.75) is 12.8 Å². The van der Waals surface area contributed by atoms with Gasteiger partial charge in [0.1, 0.15) is 0 Å². The molecule has 2 N–H and O–H groups in total. The van der Waals surface area contributed by atoms with Gasteiger partial charge in [-0.05, 0) is 12.3 Å². The third-order valence-corrected chi connectivity index (χ3v) is 4.28. The normalized spacial score (nSPS) is 29.6.